The fourth-order valence-electron chi connectivity index (χ4n) is 3.19. The van der Waals surface area contributed by atoms with Crippen molar-refractivity contribution in [3.05, 3.63) is 0 Å². The van der Waals surface area contributed by atoms with Crippen LogP contribution in [0.1, 0.15) is 46.0 Å². The number of hydrogen-bond acceptors (Lipinski definition) is 2. The van der Waals surface area contributed by atoms with Crippen LogP contribution >= 0.6 is 0 Å². The molecule has 0 heterocycles. The average molecular weight is 213 g/mol. The van der Waals surface area contributed by atoms with Crippen molar-refractivity contribution in [2.75, 3.05) is 6.54 Å². The second-order valence-electron chi connectivity index (χ2n) is 5.02. The molecule has 0 saturated heterocycles. The summed E-state index contributed by atoms with van der Waals surface area (Å²) >= 11 is 0. The molecule has 1 aliphatic rings. The fraction of sp³-hybridized carbons (Fsp3) is 0.917. The number of hydrogen-bond donors (Lipinski definition) is 2. The van der Waals surface area contributed by atoms with Gasteiger partial charge in [-0.1, -0.05) is 26.7 Å². The third-order valence-electron chi connectivity index (χ3n) is 4.07. The fourth-order valence-corrected chi connectivity index (χ4v) is 3.19. The molecule has 0 bridgehead atoms. The Morgan fingerprint density at radius 3 is 2.07 bits per heavy atom. The van der Waals surface area contributed by atoms with Crippen LogP contribution in [-0.4, -0.2) is 17.6 Å². The van der Waals surface area contributed by atoms with E-state index in [0.717, 1.165) is 25.7 Å². The summed E-state index contributed by atoms with van der Waals surface area (Å²) in [4.78, 5) is 10.9. The molecule has 1 aliphatic carbocycles. The van der Waals surface area contributed by atoms with Gasteiger partial charge in [0.1, 0.15) is 0 Å². The summed E-state index contributed by atoms with van der Waals surface area (Å²) in [6, 6.07) is 0. The second kappa shape index (κ2) is 4.97. The summed E-state index contributed by atoms with van der Waals surface area (Å²) in [5.74, 6) is 0.655. The molecule has 88 valence electrons. The Bertz CT molecular complexity index is 216. The quantitative estimate of drug-likeness (QED) is 0.736. The van der Waals surface area contributed by atoms with Crippen molar-refractivity contribution in [3.63, 3.8) is 0 Å². The highest BCUT2D eigenvalue weighted by atomic mass is 16.4. The van der Waals surface area contributed by atoms with E-state index < -0.39 is 5.97 Å². The van der Waals surface area contributed by atoms with Crippen LogP contribution in [0.25, 0.3) is 0 Å². The minimum Gasteiger partial charge on any atom is -0.481 e. The van der Waals surface area contributed by atoms with Gasteiger partial charge in [0.2, 0.25) is 0 Å². The molecule has 15 heavy (non-hydrogen) atoms. The second-order valence-corrected chi connectivity index (χ2v) is 5.02. The maximum Gasteiger partial charge on any atom is 0.303 e. The van der Waals surface area contributed by atoms with Crippen LogP contribution in [0.15, 0.2) is 0 Å². The first-order valence-electron chi connectivity index (χ1n) is 5.98. The first-order valence-corrected chi connectivity index (χ1v) is 5.98. The summed E-state index contributed by atoms with van der Waals surface area (Å²) in [6.07, 6.45) is 4.56. The van der Waals surface area contributed by atoms with Gasteiger partial charge >= 0.3 is 5.97 Å². The van der Waals surface area contributed by atoms with E-state index in [2.05, 4.69) is 13.8 Å². The maximum absolute atomic E-state index is 10.9. The van der Waals surface area contributed by atoms with Gasteiger partial charge in [0.05, 0.1) is 6.42 Å². The van der Waals surface area contributed by atoms with Crippen molar-refractivity contribution in [3.8, 4) is 0 Å². The minimum atomic E-state index is -0.702. The van der Waals surface area contributed by atoms with Crippen LogP contribution in [0.5, 0.6) is 0 Å². The zero-order valence-corrected chi connectivity index (χ0v) is 9.83. The monoisotopic (exact) mass is 213 g/mol. The Balaban J connectivity index is 2.72. The lowest BCUT2D eigenvalue weighted by Gasteiger charge is -2.25. The average Bonchev–Trinajstić information content (AvgIpc) is 2.56. The van der Waals surface area contributed by atoms with Crippen molar-refractivity contribution in [2.24, 2.45) is 23.0 Å². The number of aliphatic carboxylic acids is 1. The van der Waals surface area contributed by atoms with E-state index in [4.69, 9.17) is 10.8 Å². The standard InChI is InChI=1S/C12H23NO2/c1-3-9-5-12(8-13,7-11(14)15)6-10(9)4-2/h9-10H,3-8,13H2,1-2H3,(H,14,15)/t9-,10+,12+. The third-order valence-corrected chi connectivity index (χ3v) is 4.07. The van der Waals surface area contributed by atoms with Gasteiger partial charge in [0.25, 0.3) is 0 Å². The van der Waals surface area contributed by atoms with Crippen molar-refractivity contribution in [1.29, 1.82) is 0 Å². The molecule has 0 aliphatic heterocycles. The summed E-state index contributed by atoms with van der Waals surface area (Å²) in [7, 11) is 0. The largest absolute Gasteiger partial charge is 0.481 e. The Labute approximate surface area is 92.0 Å². The molecule has 3 atom stereocenters. The predicted octanol–water partition coefficient (Wildman–Crippen LogP) is 2.25. The molecule has 3 nitrogen and oxygen atoms in total. The van der Waals surface area contributed by atoms with E-state index in [1.54, 1.807) is 0 Å². The highest BCUT2D eigenvalue weighted by Crippen LogP contribution is 2.49. The van der Waals surface area contributed by atoms with Gasteiger partial charge in [-0.15, -0.1) is 0 Å². The normalized spacial score (nSPS) is 35.7. The van der Waals surface area contributed by atoms with Crippen LogP contribution in [0, 0.1) is 17.3 Å². The van der Waals surface area contributed by atoms with E-state index in [1.807, 2.05) is 0 Å². The van der Waals surface area contributed by atoms with Gasteiger partial charge < -0.3 is 10.8 Å². The number of carboxylic acids is 1. The minimum absolute atomic E-state index is 0.118. The highest BCUT2D eigenvalue weighted by molar-refractivity contribution is 5.67. The van der Waals surface area contributed by atoms with Crippen molar-refractivity contribution in [1.82, 2.24) is 0 Å². The zero-order valence-electron chi connectivity index (χ0n) is 9.83. The predicted molar refractivity (Wildman–Crippen MR) is 60.5 cm³/mol. The molecule has 0 aromatic carbocycles. The lowest BCUT2D eigenvalue weighted by atomic mass is 9.81. The SMILES string of the molecule is CC[C@@H]1C[C@@](CN)(CC(=O)O)C[C@@H]1CC. The molecule has 0 radical (unpaired) electrons. The van der Waals surface area contributed by atoms with Gasteiger partial charge in [-0.3, -0.25) is 4.79 Å². The van der Waals surface area contributed by atoms with Crippen LogP contribution in [0.3, 0.4) is 0 Å². The number of carbonyl (C=O) groups is 1. The molecular weight excluding hydrogens is 190 g/mol. The highest BCUT2D eigenvalue weighted by Gasteiger charge is 2.43. The summed E-state index contributed by atoms with van der Waals surface area (Å²) < 4.78 is 0. The Morgan fingerprint density at radius 2 is 1.80 bits per heavy atom. The molecule has 1 fully saturated rings. The zero-order chi connectivity index (χ0) is 11.5. The van der Waals surface area contributed by atoms with Gasteiger partial charge in [-0.25, -0.2) is 0 Å². The van der Waals surface area contributed by atoms with Crippen LogP contribution < -0.4 is 5.73 Å². The Hall–Kier alpha value is -0.570. The molecular formula is C12H23NO2. The lowest BCUT2D eigenvalue weighted by molar-refractivity contribution is -0.139. The lowest BCUT2D eigenvalue weighted by Crippen LogP contribution is -2.30. The molecule has 3 N–H and O–H groups in total. The van der Waals surface area contributed by atoms with Crippen LogP contribution in [0.2, 0.25) is 0 Å². The van der Waals surface area contributed by atoms with E-state index in [1.165, 1.54) is 0 Å². The van der Waals surface area contributed by atoms with E-state index >= 15 is 0 Å². The molecule has 0 spiro atoms. The van der Waals surface area contributed by atoms with Gasteiger partial charge in [-0.05, 0) is 36.6 Å². The van der Waals surface area contributed by atoms with Gasteiger partial charge in [0, 0.05) is 0 Å². The summed E-state index contributed by atoms with van der Waals surface area (Å²) in [6.45, 7) is 4.91. The maximum atomic E-state index is 10.9. The molecule has 3 heteroatoms. The van der Waals surface area contributed by atoms with Crippen LogP contribution in [0.4, 0.5) is 0 Å². The Morgan fingerprint density at radius 1 is 1.33 bits per heavy atom. The van der Waals surface area contributed by atoms with Crippen molar-refractivity contribution >= 4 is 5.97 Å². The summed E-state index contributed by atoms with van der Waals surface area (Å²) in [5.41, 5.74) is 5.67. The van der Waals surface area contributed by atoms with Gasteiger partial charge in [0.15, 0.2) is 0 Å². The molecule has 0 unspecified atom stereocenters. The van der Waals surface area contributed by atoms with E-state index in [9.17, 15) is 4.79 Å². The molecule has 1 saturated carbocycles. The summed E-state index contributed by atoms with van der Waals surface area (Å²) in [5, 5.41) is 8.93. The van der Waals surface area contributed by atoms with E-state index in [-0.39, 0.29) is 11.8 Å². The first-order chi connectivity index (χ1) is 7.06. The van der Waals surface area contributed by atoms with Crippen molar-refractivity contribution < 1.29 is 9.90 Å². The molecule has 0 aromatic heterocycles. The Kier molecular flexibility index (Phi) is 4.14. The molecule has 0 aromatic rings. The smallest absolute Gasteiger partial charge is 0.303 e. The first kappa shape index (κ1) is 12.5. The van der Waals surface area contributed by atoms with E-state index in [0.29, 0.717) is 18.4 Å². The molecule has 1 rings (SSSR count). The van der Waals surface area contributed by atoms with Crippen LogP contribution in [-0.2, 0) is 4.79 Å². The molecule has 0 amide bonds. The number of rotatable bonds is 5. The van der Waals surface area contributed by atoms with Gasteiger partial charge in [-0.2, -0.15) is 0 Å². The number of nitrogens with two attached hydrogens (primary N) is 1. The number of carboxylic acid groups (broad SMARTS) is 1. The third kappa shape index (κ3) is 2.71. The topological polar surface area (TPSA) is 63.3 Å². The van der Waals surface area contributed by atoms with Crippen molar-refractivity contribution in [2.45, 2.75) is 46.0 Å².